The van der Waals surface area contributed by atoms with Crippen LogP contribution < -0.4 is 14.9 Å². The summed E-state index contributed by atoms with van der Waals surface area (Å²) in [4.78, 5) is 26.0. The summed E-state index contributed by atoms with van der Waals surface area (Å²) in [5, 5.41) is 2.53. The number of carbonyl (C=O) groups is 2. The van der Waals surface area contributed by atoms with E-state index in [0.29, 0.717) is 59.2 Å². The summed E-state index contributed by atoms with van der Waals surface area (Å²) in [6, 6.07) is 15.1. The summed E-state index contributed by atoms with van der Waals surface area (Å²) in [5.74, 6) is -0.0172. The zero-order valence-corrected chi connectivity index (χ0v) is 25.1. The van der Waals surface area contributed by atoms with Crippen molar-refractivity contribution in [1.29, 1.82) is 0 Å². The van der Waals surface area contributed by atoms with Gasteiger partial charge in [-0.05, 0) is 95.2 Å². The number of hydrogen-bond donors (Lipinski definition) is 1. The first kappa shape index (κ1) is 28.7. The second-order valence-electron chi connectivity index (χ2n) is 7.72. The molecule has 0 atom stereocenters. The van der Waals surface area contributed by atoms with Crippen molar-refractivity contribution in [1.82, 2.24) is 10.4 Å². The number of thiocarbonyl (C=S) groups is 1. The van der Waals surface area contributed by atoms with Crippen LogP contribution in [-0.2, 0) is 11.4 Å². The Morgan fingerprint density at radius 1 is 1.11 bits per heavy atom. The number of hydrazine groups is 1. The monoisotopic (exact) mass is 670 g/mol. The SMILES string of the molecule is CCOc1cc(/C=C2\SC(=S)N(NC(=O)c3ccc(Cl)cc3)C2=O)cc(Br)c1OCc1c(Cl)cccc1Cl. The van der Waals surface area contributed by atoms with Crippen LogP contribution >= 0.6 is 74.7 Å². The summed E-state index contributed by atoms with van der Waals surface area (Å²) in [6.45, 7) is 2.37. The van der Waals surface area contributed by atoms with Gasteiger partial charge in [-0.1, -0.05) is 52.6 Å². The molecule has 1 N–H and O–H groups in total. The van der Waals surface area contributed by atoms with E-state index in [1.165, 1.54) is 0 Å². The fourth-order valence-corrected chi connectivity index (χ4v) is 5.76. The third-order valence-electron chi connectivity index (χ3n) is 5.17. The molecule has 4 rings (SSSR count). The van der Waals surface area contributed by atoms with Crippen molar-refractivity contribution in [3.63, 3.8) is 0 Å². The van der Waals surface area contributed by atoms with E-state index in [-0.39, 0.29) is 10.9 Å². The molecule has 2 amide bonds. The molecule has 38 heavy (non-hydrogen) atoms. The van der Waals surface area contributed by atoms with Crippen molar-refractivity contribution < 1.29 is 19.1 Å². The summed E-state index contributed by atoms with van der Waals surface area (Å²) in [6.07, 6.45) is 1.66. The van der Waals surface area contributed by atoms with Crippen LogP contribution in [0, 0.1) is 0 Å². The third-order valence-corrected chi connectivity index (χ3v) is 8.02. The number of nitrogens with zero attached hydrogens (tertiary/aromatic N) is 1. The number of carbonyl (C=O) groups excluding carboxylic acids is 2. The van der Waals surface area contributed by atoms with Gasteiger partial charge in [0, 0.05) is 26.2 Å². The van der Waals surface area contributed by atoms with Crippen LogP contribution in [0.2, 0.25) is 15.1 Å². The highest BCUT2D eigenvalue weighted by Crippen LogP contribution is 2.40. The summed E-state index contributed by atoms with van der Waals surface area (Å²) in [5.41, 5.74) is 4.20. The standard InChI is InChI=1S/C26H18BrCl3N2O4S2/c1-2-35-21-11-14(10-18(27)23(21)36-13-17-19(29)4-3-5-20(17)30)12-22-25(34)32(26(37)38-22)31-24(33)15-6-8-16(28)9-7-15/h3-12H,2,13H2,1H3,(H,31,33)/b22-12-. The first-order valence-electron chi connectivity index (χ1n) is 11.0. The van der Waals surface area contributed by atoms with Gasteiger partial charge in [0.15, 0.2) is 15.8 Å². The van der Waals surface area contributed by atoms with Crippen LogP contribution in [0.3, 0.4) is 0 Å². The van der Waals surface area contributed by atoms with Gasteiger partial charge in [-0.3, -0.25) is 15.0 Å². The maximum absolute atomic E-state index is 13.0. The minimum Gasteiger partial charge on any atom is -0.490 e. The summed E-state index contributed by atoms with van der Waals surface area (Å²) >= 11 is 28.4. The number of halogens is 4. The highest BCUT2D eigenvalue weighted by Gasteiger charge is 2.34. The van der Waals surface area contributed by atoms with Crippen LogP contribution in [0.1, 0.15) is 28.4 Å². The van der Waals surface area contributed by atoms with Crippen LogP contribution in [0.4, 0.5) is 0 Å². The van der Waals surface area contributed by atoms with Crippen molar-refractivity contribution in [2.24, 2.45) is 0 Å². The highest BCUT2D eigenvalue weighted by molar-refractivity contribution is 9.10. The van der Waals surface area contributed by atoms with Gasteiger partial charge in [0.2, 0.25) is 0 Å². The topological polar surface area (TPSA) is 67.9 Å². The molecule has 0 spiro atoms. The summed E-state index contributed by atoms with van der Waals surface area (Å²) in [7, 11) is 0. The number of nitrogens with one attached hydrogen (secondary N) is 1. The molecule has 0 bridgehead atoms. The van der Waals surface area contributed by atoms with Crippen molar-refractivity contribution >= 4 is 96.9 Å². The van der Waals surface area contributed by atoms with E-state index in [0.717, 1.165) is 16.8 Å². The number of rotatable bonds is 8. The Bertz CT molecular complexity index is 1430. The van der Waals surface area contributed by atoms with Gasteiger partial charge in [-0.15, -0.1) is 0 Å². The van der Waals surface area contributed by atoms with Crippen LogP contribution in [0.15, 0.2) is 64.0 Å². The lowest BCUT2D eigenvalue weighted by molar-refractivity contribution is -0.123. The van der Waals surface area contributed by atoms with Crippen molar-refractivity contribution in [2.45, 2.75) is 13.5 Å². The Hall–Kier alpha value is -2.27. The van der Waals surface area contributed by atoms with Gasteiger partial charge in [-0.25, -0.2) is 0 Å². The van der Waals surface area contributed by atoms with Gasteiger partial charge in [0.25, 0.3) is 11.8 Å². The lowest BCUT2D eigenvalue weighted by Gasteiger charge is -2.16. The number of amides is 2. The Labute approximate surface area is 252 Å². The maximum Gasteiger partial charge on any atom is 0.285 e. The second-order valence-corrected chi connectivity index (χ2v) is 11.5. The molecular weight excluding hydrogens is 655 g/mol. The first-order valence-corrected chi connectivity index (χ1v) is 14.2. The molecule has 1 aliphatic rings. The third kappa shape index (κ3) is 6.65. The minimum atomic E-state index is -0.485. The zero-order chi connectivity index (χ0) is 27.4. The van der Waals surface area contributed by atoms with E-state index in [1.807, 2.05) is 6.92 Å². The van der Waals surface area contributed by atoms with Crippen LogP contribution in [0.5, 0.6) is 11.5 Å². The molecule has 0 saturated carbocycles. The predicted molar refractivity (Wildman–Crippen MR) is 160 cm³/mol. The Kier molecular flexibility index (Phi) is 9.62. The second kappa shape index (κ2) is 12.7. The van der Waals surface area contributed by atoms with Crippen LogP contribution in [0.25, 0.3) is 6.08 Å². The molecule has 3 aromatic rings. The lowest BCUT2D eigenvalue weighted by atomic mass is 10.1. The van der Waals surface area contributed by atoms with Gasteiger partial charge >= 0.3 is 0 Å². The van der Waals surface area contributed by atoms with Gasteiger partial charge in [0.1, 0.15) is 6.61 Å². The fraction of sp³-hybridized carbons (Fsp3) is 0.115. The molecule has 1 saturated heterocycles. The van der Waals surface area contributed by atoms with E-state index < -0.39 is 11.8 Å². The molecule has 12 heteroatoms. The zero-order valence-electron chi connectivity index (χ0n) is 19.6. The number of ether oxygens (including phenoxy) is 2. The minimum absolute atomic E-state index is 0.127. The van der Waals surface area contributed by atoms with Crippen LogP contribution in [-0.4, -0.2) is 27.8 Å². The van der Waals surface area contributed by atoms with E-state index in [2.05, 4.69) is 21.4 Å². The molecular formula is C26H18BrCl3N2O4S2. The molecule has 1 fully saturated rings. The number of hydrogen-bond acceptors (Lipinski definition) is 6. The largest absolute Gasteiger partial charge is 0.490 e. The quantitative estimate of drug-likeness (QED) is 0.194. The first-order chi connectivity index (χ1) is 18.2. The van der Waals surface area contributed by atoms with E-state index in [1.54, 1.807) is 60.7 Å². The predicted octanol–water partition coefficient (Wildman–Crippen LogP) is 7.93. The molecule has 6 nitrogen and oxygen atoms in total. The highest BCUT2D eigenvalue weighted by atomic mass is 79.9. The van der Waals surface area contributed by atoms with Gasteiger partial charge < -0.3 is 9.47 Å². The van der Waals surface area contributed by atoms with Gasteiger partial charge in [0.05, 0.1) is 16.0 Å². The molecule has 1 heterocycles. The molecule has 0 aromatic heterocycles. The molecule has 1 aliphatic heterocycles. The molecule has 196 valence electrons. The fourth-order valence-electron chi connectivity index (χ4n) is 3.37. The van der Waals surface area contributed by atoms with E-state index in [4.69, 9.17) is 56.5 Å². The normalized spacial score (nSPS) is 14.2. The summed E-state index contributed by atoms with van der Waals surface area (Å²) < 4.78 is 12.6. The molecule has 3 aromatic carbocycles. The van der Waals surface area contributed by atoms with Crippen molar-refractivity contribution in [3.05, 3.63) is 95.7 Å². The van der Waals surface area contributed by atoms with Gasteiger partial charge in [-0.2, -0.15) is 5.01 Å². The number of thioether (sulfide) groups is 1. The average Bonchev–Trinajstić information content (AvgIpc) is 3.12. The average molecular weight is 673 g/mol. The Morgan fingerprint density at radius 2 is 1.79 bits per heavy atom. The van der Waals surface area contributed by atoms with Crippen molar-refractivity contribution in [2.75, 3.05) is 6.61 Å². The molecule has 0 radical (unpaired) electrons. The Morgan fingerprint density at radius 3 is 2.45 bits per heavy atom. The molecule has 0 unspecified atom stereocenters. The Balaban J connectivity index is 1.54. The smallest absolute Gasteiger partial charge is 0.285 e. The van der Waals surface area contributed by atoms with Crippen molar-refractivity contribution in [3.8, 4) is 11.5 Å². The number of benzene rings is 3. The molecule has 0 aliphatic carbocycles. The van der Waals surface area contributed by atoms with E-state index >= 15 is 0 Å². The maximum atomic E-state index is 13.0. The van der Waals surface area contributed by atoms with E-state index in [9.17, 15) is 9.59 Å². The lowest BCUT2D eigenvalue weighted by Crippen LogP contribution is -2.44.